The summed E-state index contributed by atoms with van der Waals surface area (Å²) in [5, 5.41) is 0. The highest BCUT2D eigenvalue weighted by atomic mass is 19.1. The number of aryl methyl sites for hydroxylation is 1. The Morgan fingerprint density at radius 1 is 1.04 bits per heavy atom. The van der Waals surface area contributed by atoms with Gasteiger partial charge >= 0.3 is 0 Å². The molecule has 0 aromatic heterocycles. The van der Waals surface area contributed by atoms with Crippen LogP contribution in [0.4, 0.5) is 10.1 Å². The Morgan fingerprint density at radius 3 is 2.39 bits per heavy atom. The molecule has 0 saturated carbocycles. The first-order valence-corrected chi connectivity index (χ1v) is 9.52. The van der Waals surface area contributed by atoms with Gasteiger partial charge in [-0.1, -0.05) is 42.0 Å². The van der Waals surface area contributed by atoms with E-state index in [-0.39, 0.29) is 24.2 Å². The van der Waals surface area contributed by atoms with Crippen LogP contribution in [-0.2, 0) is 16.1 Å². The van der Waals surface area contributed by atoms with Crippen LogP contribution in [0, 0.1) is 12.7 Å². The number of anilines is 1. The second-order valence-electron chi connectivity index (χ2n) is 7.18. The van der Waals surface area contributed by atoms with E-state index in [1.54, 1.807) is 21.9 Å². The number of piperazine rings is 1. The molecule has 2 amide bonds. The minimum atomic E-state index is -0.247. The van der Waals surface area contributed by atoms with Gasteiger partial charge < -0.3 is 14.7 Å². The lowest BCUT2D eigenvalue weighted by Gasteiger charge is -2.37. The first-order chi connectivity index (χ1) is 13.4. The third kappa shape index (κ3) is 4.88. The van der Waals surface area contributed by atoms with Crippen molar-refractivity contribution in [2.75, 3.05) is 37.6 Å². The van der Waals surface area contributed by atoms with Crippen molar-refractivity contribution in [3.8, 4) is 0 Å². The Hall–Kier alpha value is -2.89. The quantitative estimate of drug-likeness (QED) is 0.798. The minimum absolute atomic E-state index is 0.0585. The van der Waals surface area contributed by atoms with Crippen LogP contribution in [0.2, 0.25) is 0 Å². The number of hydrogen-bond donors (Lipinski definition) is 0. The Morgan fingerprint density at radius 2 is 1.75 bits per heavy atom. The summed E-state index contributed by atoms with van der Waals surface area (Å²) in [6, 6.07) is 14.6. The number of hydrogen-bond acceptors (Lipinski definition) is 3. The maximum absolute atomic E-state index is 14.0. The second kappa shape index (κ2) is 8.87. The van der Waals surface area contributed by atoms with E-state index in [0.29, 0.717) is 38.4 Å². The van der Waals surface area contributed by atoms with Crippen molar-refractivity contribution in [2.45, 2.75) is 20.4 Å². The van der Waals surface area contributed by atoms with Crippen LogP contribution in [0.1, 0.15) is 18.1 Å². The van der Waals surface area contributed by atoms with Gasteiger partial charge in [-0.3, -0.25) is 9.59 Å². The monoisotopic (exact) mass is 383 g/mol. The molecule has 0 N–H and O–H groups in total. The second-order valence-corrected chi connectivity index (χ2v) is 7.18. The Balaban J connectivity index is 1.58. The van der Waals surface area contributed by atoms with Crippen molar-refractivity contribution in [3.63, 3.8) is 0 Å². The molecule has 0 radical (unpaired) electrons. The number of benzene rings is 2. The number of carbonyl (C=O) groups excluding carboxylic acids is 2. The zero-order valence-corrected chi connectivity index (χ0v) is 16.4. The average Bonchev–Trinajstić information content (AvgIpc) is 2.68. The molecule has 1 saturated heterocycles. The van der Waals surface area contributed by atoms with Gasteiger partial charge in [0.15, 0.2) is 0 Å². The third-order valence-corrected chi connectivity index (χ3v) is 5.05. The molecule has 2 aromatic rings. The van der Waals surface area contributed by atoms with Gasteiger partial charge in [-0.05, 0) is 24.6 Å². The molecule has 0 spiro atoms. The van der Waals surface area contributed by atoms with Crippen molar-refractivity contribution in [1.82, 2.24) is 9.80 Å². The zero-order chi connectivity index (χ0) is 20.1. The molecule has 1 aliphatic rings. The maximum Gasteiger partial charge on any atom is 0.242 e. The number of nitrogens with zero attached hydrogens (tertiary/aromatic N) is 3. The first kappa shape index (κ1) is 19.9. The molecule has 0 aliphatic carbocycles. The fraction of sp³-hybridized carbons (Fsp3) is 0.364. The van der Waals surface area contributed by atoms with Crippen LogP contribution in [0.15, 0.2) is 48.5 Å². The summed E-state index contributed by atoms with van der Waals surface area (Å²) in [5.74, 6) is -0.445. The Bertz CT molecular complexity index is 847. The molecule has 1 aliphatic heterocycles. The highest BCUT2D eigenvalue weighted by Crippen LogP contribution is 2.20. The Kier molecular flexibility index (Phi) is 6.29. The summed E-state index contributed by atoms with van der Waals surface area (Å²) in [6.45, 7) is 6.14. The topological polar surface area (TPSA) is 43.9 Å². The Labute approximate surface area is 165 Å². The molecule has 1 fully saturated rings. The predicted octanol–water partition coefficient (Wildman–Crippen LogP) is 2.83. The third-order valence-electron chi connectivity index (χ3n) is 5.05. The number of carbonyl (C=O) groups is 2. The summed E-state index contributed by atoms with van der Waals surface area (Å²) < 4.78 is 14.0. The largest absolute Gasteiger partial charge is 0.366 e. The maximum atomic E-state index is 14.0. The molecule has 6 heteroatoms. The fourth-order valence-corrected chi connectivity index (χ4v) is 3.48. The van der Waals surface area contributed by atoms with Crippen molar-refractivity contribution in [2.24, 2.45) is 0 Å². The molecule has 148 valence electrons. The van der Waals surface area contributed by atoms with Crippen LogP contribution in [0.3, 0.4) is 0 Å². The van der Waals surface area contributed by atoms with E-state index in [1.165, 1.54) is 13.0 Å². The van der Waals surface area contributed by atoms with E-state index >= 15 is 0 Å². The smallest absolute Gasteiger partial charge is 0.242 e. The normalized spacial score (nSPS) is 14.1. The van der Waals surface area contributed by atoms with Crippen molar-refractivity contribution in [3.05, 3.63) is 65.5 Å². The van der Waals surface area contributed by atoms with Gasteiger partial charge in [0.2, 0.25) is 11.8 Å². The van der Waals surface area contributed by atoms with Gasteiger partial charge in [0, 0.05) is 39.6 Å². The lowest BCUT2D eigenvalue weighted by Crippen LogP contribution is -2.51. The van der Waals surface area contributed by atoms with E-state index in [1.807, 2.05) is 42.2 Å². The van der Waals surface area contributed by atoms with E-state index < -0.39 is 0 Å². The van der Waals surface area contributed by atoms with Crippen LogP contribution < -0.4 is 4.90 Å². The SMILES string of the molecule is CC(=O)N(CC(=O)N1CCN(c2ccccc2F)CC1)Cc1cccc(C)c1. The van der Waals surface area contributed by atoms with Gasteiger partial charge in [-0.15, -0.1) is 0 Å². The van der Waals surface area contributed by atoms with Crippen LogP contribution >= 0.6 is 0 Å². The summed E-state index contributed by atoms with van der Waals surface area (Å²) >= 11 is 0. The van der Waals surface area contributed by atoms with Gasteiger partial charge in [0.05, 0.1) is 5.69 Å². The first-order valence-electron chi connectivity index (χ1n) is 9.52. The van der Waals surface area contributed by atoms with Crippen LogP contribution in [0.5, 0.6) is 0 Å². The molecule has 2 aromatic carbocycles. The summed E-state index contributed by atoms with van der Waals surface area (Å²) in [7, 11) is 0. The fourth-order valence-electron chi connectivity index (χ4n) is 3.48. The van der Waals surface area contributed by atoms with Gasteiger partial charge in [0.25, 0.3) is 0 Å². The molecular weight excluding hydrogens is 357 g/mol. The van der Waals surface area contributed by atoms with Crippen molar-refractivity contribution < 1.29 is 14.0 Å². The lowest BCUT2D eigenvalue weighted by atomic mass is 10.1. The summed E-state index contributed by atoms with van der Waals surface area (Å²) in [4.78, 5) is 30.0. The van der Waals surface area contributed by atoms with Crippen LogP contribution in [-0.4, -0.2) is 54.3 Å². The lowest BCUT2D eigenvalue weighted by molar-refractivity contribution is -0.140. The van der Waals surface area contributed by atoms with Gasteiger partial charge in [0.1, 0.15) is 12.4 Å². The minimum Gasteiger partial charge on any atom is -0.366 e. The highest BCUT2D eigenvalue weighted by Gasteiger charge is 2.24. The van der Waals surface area contributed by atoms with Gasteiger partial charge in [-0.2, -0.15) is 0 Å². The number of rotatable bonds is 5. The molecule has 28 heavy (non-hydrogen) atoms. The molecular formula is C22H26FN3O2. The zero-order valence-electron chi connectivity index (χ0n) is 16.4. The standard InChI is InChI=1S/C22H26FN3O2/c1-17-6-5-7-19(14-17)15-26(18(2)27)16-22(28)25-12-10-24(11-13-25)21-9-4-3-8-20(21)23/h3-9,14H,10-13,15-16H2,1-2H3. The molecule has 0 atom stereocenters. The highest BCUT2D eigenvalue weighted by molar-refractivity contribution is 5.84. The number of amides is 2. The summed E-state index contributed by atoms with van der Waals surface area (Å²) in [6.07, 6.45) is 0. The molecule has 0 unspecified atom stereocenters. The van der Waals surface area contributed by atoms with E-state index in [2.05, 4.69) is 0 Å². The van der Waals surface area contributed by atoms with E-state index in [9.17, 15) is 14.0 Å². The van der Waals surface area contributed by atoms with Crippen molar-refractivity contribution >= 4 is 17.5 Å². The van der Waals surface area contributed by atoms with Crippen LogP contribution in [0.25, 0.3) is 0 Å². The van der Waals surface area contributed by atoms with E-state index in [0.717, 1.165) is 11.1 Å². The molecule has 1 heterocycles. The molecule has 0 bridgehead atoms. The molecule has 3 rings (SSSR count). The number of para-hydroxylation sites is 1. The average molecular weight is 383 g/mol. The van der Waals surface area contributed by atoms with E-state index in [4.69, 9.17) is 0 Å². The van der Waals surface area contributed by atoms with Crippen molar-refractivity contribution in [1.29, 1.82) is 0 Å². The predicted molar refractivity (Wildman–Crippen MR) is 107 cm³/mol. The molecule has 5 nitrogen and oxygen atoms in total. The van der Waals surface area contributed by atoms with Gasteiger partial charge in [-0.25, -0.2) is 4.39 Å². The number of halogens is 1. The summed E-state index contributed by atoms with van der Waals surface area (Å²) in [5.41, 5.74) is 2.70.